The van der Waals surface area contributed by atoms with Crippen LogP contribution < -0.4 is 10.2 Å². The number of hydrogen-bond donors (Lipinski definition) is 1. The molecular formula is C20H20ClN3O. The SMILES string of the molecule is CCN(CC)c1ccc(NC(=O)/C(C#N)=C/c2ccc(Cl)cc2)cc1. The molecule has 2 rings (SSSR count). The van der Waals surface area contributed by atoms with E-state index in [4.69, 9.17) is 11.6 Å². The number of nitrogens with zero attached hydrogens (tertiary/aromatic N) is 2. The number of nitrogens with one attached hydrogen (secondary N) is 1. The number of amides is 1. The average molecular weight is 354 g/mol. The molecule has 0 unspecified atom stereocenters. The van der Waals surface area contributed by atoms with Crippen LogP contribution in [0.25, 0.3) is 6.08 Å². The van der Waals surface area contributed by atoms with Gasteiger partial charge in [-0.25, -0.2) is 0 Å². The van der Waals surface area contributed by atoms with Crippen molar-refractivity contribution in [2.24, 2.45) is 0 Å². The van der Waals surface area contributed by atoms with Crippen LogP contribution in [-0.4, -0.2) is 19.0 Å². The summed E-state index contributed by atoms with van der Waals surface area (Å²) in [7, 11) is 0. The molecule has 0 aromatic heterocycles. The van der Waals surface area contributed by atoms with Crippen molar-refractivity contribution >= 4 is 35.0 Å². The number of hydrogen-bond acceptors (Lipinski definition) is 3. The second-order valence-corrected chi connectivity index (χ2v) is 5.83. The van der Waals surface area contributed by atoms with Crippen LogP contribution in [0.2, 0.25) is 5.02 Å². The highest BCUT2D eigenvalue weighted by atomic mass is 35.5. The van der Waals surface area contributed by atoms with E-state index in [0.717, 1.165) is 24.3 Å². The first kappa shape index (κ1) is 18.6. The quantitative estimate of drug-likeness (QED) is 0.603. The molecule has 0 heterocycles. The van der Waals surface area contributed by atoms with Crippen molar-refractivity contribution < 1.29 is 4.79 Å². The molecule has 0 atom stereocenters. The van der Waals surface area contributed by atoms with Gasteiger partial charge in [-0.05, 0) is 61.9 Å². The zero-order valence-corrected chi connectivity index (χ0v) is 15.0. The molecule has 0 bridgehead atoms. The van der Waals surface area contributed by atoms with E-state index in [9.17, 15) is 10.1 Å². The van der Waals surface area contributed by atoms with E-state index in [1.54, 1.807) is 24.3 Å². The zero-order valence-electron chi connectivity index (χ0n) is 14.3. The lowest BCUT2D eigenvalue weighted by Crippen LogP contribution is -2.21. The molecule has 0 fully saturated rings. The van der Waals surface area contributed by atoms with Gasteiger partial charge in [-0.15, -0.1) is 0 Å². The van der Waals surface area contributed by atoms with Crippen molar-refractivity contribution in [1.29, 1.82) is 5.26 Å². The summed E-state index contributed by atoms with van der Waals surface area (Å²) in [6, 6.07) is 16.5. The van der Waals surface area contributed by atoms with Crippen LogP contribution >= 0.6 is 11.6 Å². The summed E-state index contributed by atoms with van der Waals surface area (Å²) >= 11 is 5.84. The number of carbonyl (C=O) groups is 1. The summed E-state index contributed by atoms with van der Waals surface area (Å²) in [6.07, 6.45) is 1.54. The molecular weight excluding hydrogens is 334 g/mol. The minimum atomic E-state index is -0.437. The third-order valence-electron chi connectivity index (χ3n) is 3.80. The number of rotatable bonds is 6. The molecule has 0 radical (unpaired) electrons. The highest BCUT2D eigenvalue weighted by Gasteiger charge is 2.10. The number of benzene rings is 2. The first-order valence-electron chi connectivity index (χ1n) is 8.11. The van der Waals surface area contributed by atoms with E-state index in [1.807, 2.05) is 30.3 Å². The second kappa shape index (κ2) is 8.91. The van der Waals surface area contributed by atoms with Gasteiger partial charge in [0.05, 0.1) is 0 Å². The van der Waals surface area contributed by atoms with E-state index in [0.29, 0.717) is 10.7 Å². The van der Waals surface area contributed by atoms with Gasteiger partial charge in [-0.2, -0.15) is 5.26 Å². The molecule has 4 nitrogen and oxygen atoms in total. The van der Waals surface area contributed by atoms with Crippen LogP contribution in [0.15, 0.2) is 54.1 Å². The van der Waals surface area contributed by atoms with Gasteiger partial charge in [0, 0.05) is 29.5 Å². The Hall–Kier alpha value is -2.77. The summed E-state index contributed by atoms with van der Waals surface area (Å²) in [6.45, 7) is 6.04. The van der Waals surface area contributed by atoms with Crippen LogP contribution in [0.4, 0.5) is 11.4 Å². The summed E-state index contributed by atoms with van der Waals surface area (Å²) in [5, 5.41) is 12.6. The first-order chi connectivity index (χ1) is 12.1. The fourth-order valence-electron chi connectivity index (χ4n) is 2.42. The Kier molecular flexibility index (Phi) is 6.62. The lowest BCUT2D eigenvalue weighted by atomic mass is 10.1. The molecule has 0 saturated heterocycles. The Bertz CT molecular complexity index is 785. The minimum absolute atomic E-state index is 0.0372. The summed E-state index contributed by atoms with van der Waals surface area (Å²) in [5.74, 6) is -0.437. The standard InChI is InChI=1S/C20H20ClN3O/c1-3-24(4-2)19-11-9-18(10-12-19)23-20(25)16(14-22)13-15-5-7-17(21)8-6-15/h5-13H,3-4H2,1-2H3,(H,23,25)/b16-13+. The van der Waals surface area contributed by atoms with Gasteiger partial charge in [0.2, 0.25) is 0 Å². The number of nitriles is 1. The molecule has 2 aromatic carbocycles. The van der Waals surface area contributed by atoms with Crippen molar-refractivity contribution in [3.8, 4) is 6.07 Å². The molecule has 128 valence electrons. The lowest BCUT2D eigenvalue weighted by molar-refractivity contribution is -0.112. The fraction of sp³-hybridized carbons (Fsp3) is 0.200. The Balaban J connectivity index is 2.11. The van der Waals surface area contributed by atoms with Crippen molar-refractivity contribution in [3.05, 3.63) is 64.7 Å². The van der Waals surface area contributed by atoms with Gasteiger partial charge >= 0.3 is 0 Å². The molecule has 0 spiro atoms. The number of halogens is 1. The molecule has 5 heteroatoms. The Labute approximate surface area is 153 Å². The first-order valence-corrected chi connectivity index (χ1v) is 8.49. The van der Waals surface area contributed by atoms with Crippen molar-refractivity contribution in [3.63, 3.8) is 0 Å². The van der Waals surface area contributed by atoms with Crippen LogP contribution in [0.5, 0.6) is 0 Å². The minimum Gasteiger partial charge on any atom is -0.372 e. The molecule has 0 aliphatic carbocycles. The van der Waals surface area contributed by atoms with Crippen molar-refractivity contribution in [2.45, 2.75) is 13.8 Å². The maximum Gasteiger partial charge on any atom is 0.266 e. The molecule has 25 heavy (non-hydrogen) atoms. The van der Waals surface area contributed by atoms with Crippen LogP contribution in [0, 0.1) is 11.3 Å². The highest BCUT2D eigenvalue weighted by Crippen LogP contribution is 2.19. The topological polar surface area (TPSA) is 56.1 Å². The fourth-order valence-corrected chi connectivity index (χ4v) is 2.54. The Morgan fingerprint density at radius 2 is 1.72 bits per heavy atom. The zero-order chi connectivity index (χ0) is 18.2. The summed E-state index contributed by atoms with van der Waals surface area (Å²) in [4.78, 5) is 14.5. The predicted octanol–water partition coefficient (Wildman–Crippen LogP) is 4.73. The van der Waals surface area contributed by atoms with E-state index in [1.165, 1.54) is 6.08 Å². The maximum atomic E-state index is 12.3. The largest absolute Gasteiger partial charge is 0.372 e. The third-order valence-corrected chi connectivity index (χ3v) is 4.05. The number of carbonyl (C=O) groups excluding carboxylic acids is 1. The van der Waals surface area contributed by atoms with E-state index >= 15 is 0 Å². The van der Waals surface area contributed by atoms with Crippen LogP contribution in [-0.2, 0) is 4.79 Å². The molecule has 1 amide bonds. The molecule has 0 saturated carbocycles. The number of anilines is 2. The van der Waals surface area contributed by atoms with E-state index < -0.39 is 5.91 Å². The Morgan fingerprint density at radius 3 is 2.24 bits per heavy atom. The van der Waals surface area contributed by atoms with E-state index in [-0.39, 0.29) is 5.57 Å². The molecule has 0 aliphatic heterocycles. The van der Waals surface area contributed by atoms with Crippen LogP contribution in [0.1, 0.15) is 19.4 Å². The van der Waals surface area contributed by atoms with Gasteiger partial charge in [-0.1, -0.05) is 23.7 Å². The molecule has 2 aromatic rings. The normalized spacial score (nSPS) is 10.9. The third kappa shape index (κ3) is 5.10. The monoisotopic (exact) mass is 353 g/mol. The average Bonchev–Trinajstić information content (AvgIpc) is 2.63. The van der Waals surface area contributed by atoms with Gasteiger partial charge in [0.15, 0.2) is 0 Å². The van der Waals surface area contributed by atoms with Crippen molar-refractivity contribution in [2.75, 3.05) is 23.3 Å². The van der Waals surface area contributed by atoms with Gasteiger partial charge in [0.1, 0.15) is 11.6 Å². The summed E-state index contributed by atoms with van der Waals surface area (Å²) in [5.41, 5.74) is 2.53. The Morgan fingerprint density at radius 1 is 1.12 bits per heavy atom. The molecule has 0 aliphatic rings. The smallest absolute Gasteiger partial charge is 0.266 e. The van der Waals surface area contributed by atoms with Gasteiger partial charge < -0.3 is 10.2 Å². The molecule has 1 N–H and O–H groups in total. The lowest BCUT2D eigenvalue weighted by Gasteiger charge is -2.21. The second-order valence-electron chi connectivity index (χ2n) is 5.39. The summed E-state index contributed by atoms with van der Waals surface area (Å²) < 4.78 is 0. The maximum absolute atomic E-state index is 12.3. The van der Waals surface area contributed by atoms with Crippen molar-refractivity contribution in [1.82, 2.24) is 0 Å². The predicted molar refractivity (Wildman–Crippen MR) is 104 cm³/mol. The van der Waals surface area contributed by atoms with E-state index in [2.05, 4.69) is 24.1 Å². The highest BCUT2D eigenvalue weighted by molar-refractivity contribution is 6.30. The van der Waals surface area contributed by atoms with Gasteiger partial charge in [0.25, 0.3) is 5.91 Å². The van der Waals surface area contributed by atoms with Gasteiger partial charge in [-0.3, -0.25) is 4.79 Å². The van der Waals surface area contributed by atoms with Crippen LogP contribution in [0.3, 0.4) is 0 Å².